The van der Waals surface area contributed by atoms with Crippen LogP contribution >= 0.6 is 0 Å². The summed E-state index contributed by atoms with van der Waals surface area (Å²) < 4.78 is 31.6. The molecule has 1 N–H and O–H groups in total. The zero-order valence-electron chi connectivity index (χ0n) is 16.7. The second kappa shape index (κ2) is 6.93. The van der Waals surface area contributed by atoms with Gasteiger partial charge < -0.3 is 19.2 Å². The Balaban J connectivity index is 2.05. The maximum atomic E-state index is 13.6. The van der Waals surface area contributed by atoms with Gasteiger partial charge in [0.25, 0.3) is 0 Å². The molecule has 3 rings (SSSR count). The van der Waals surface area contributed by atoms with Crippen molar-refractivity contribution in [1.29, 1.82) is 0 Å². The molecule has 0 amide bonds. The molecule has 1 aliphatic heterocycles. The van der Waals surface area contributed by atoms with Crippen LogP contribution in [0.15, 0.2) is 30.3 Å². The lowest BCUT2D eigenvalue weighted by atomic mass is 9.76. The predicted molar refractivity (Wildman–Crippen MR) is 104 cm³/mol. The quantitative estimate of drug-likeness (QED) is 0.825. The Bertz CT molecular complexity index is 835. The fourth-order valence-electron chi connectivity index (χ4n) is 3.16. The van der Waals surface area contributed by atoms with Crippen molar-refractivity contribution in [3.63, 3.8) is 0 Å². The van der Waals surface area contributed by atoms with E-state index in [1.54, 1.807) is 19.9 Å². The molecule has 0 bridgehead atoms. The molecule has 27 heavy (non-hydrogen) atoms. The van der Waals surface area contributed by atoms with Crippen molar-refractivity contribution in [3.05, 3.63) is 52.8 Å². The summed E-state index contributed by atoms with van der Waals surface area (Å²) in [7, 11) is -0.599. The van der Waals surface area contributed by atoms with Crippen LogP contribution in [0.2, 0.25) is 0 Å². The standard InChI is InChI=1S/C21H26BFO4/c1-13-9-16(23)10-14(2)19(13)26-18-8-7-15(21(5,6)24)11-17(18)22-25-12-20(3,4)27-22/h7-11,24H,12H2,1-6H3. The van der Waals surface area contributed by atoms with Gasteiger partial charge in [-0.3, -0.25) is 0 Å². The summed E-state index contributed by atoms with van der Waals surface area (Å²) in [6.07, 6.45) is 0. The van der Waals surface area contributed by atoms with Crippen LogP contribution in [-0.4, -0.2) is 24.4 Å². The van der Waals surface area contributed by atoms with Crippen LogP contribution in [0, 0.1) is 19.7 Å². The highest BCUT2D eigenvalue weighted by molar-refractivity contribution is 6.63. The predicted octanol–water partition coefficient (Wildman–Crippen LogP) is 3.98. The number of halogens is 1. The summed E-state index contributed by atoms with van der Waals surface area (Å²) in [6, 6.07) is 8.34. The van der Waals surface area contributed by atoms with Crippen LogP contribution in [-0.2, 0) is 14.9 Å². The molecular formula is C21H26BFO4. The third-order valence-corrected chi connectivity index (χ3v) is 4.62. The molecule has 0 unspecified atom stereocenters. The van der Waals surface area contributed by atoms with Gasteiger partial charge in [-0.1, -0.05) is 12.1 Å². The van der Waals surface area contributed by atoms with Crippen LogP contribution in [0.1, 0.15) is 44.4 Å². The van der Waals surface area contributed by atoms with Crippen molar-refractivity contribution >= 4 is 12.6 Å². The fraction of sp³-hybridized carbons (Fsp3) is 0.429. The van der Waals surface area contributed by atoms with Gasteiger partial charge in [0, 0.05) is 5.46 Å². The lowest BCUT2D eigenvalue weighted by Gasteiger charge is -2.22. The summed E-state index contributed by atoms with van der Waals surface area (Å²) in [5.74, 6) is 0.869. The molecule has 1 heterocycles. The number of hydrogen-bond donors (Lipinski definition) is 1. The first-order chi connectivity index (χ1) is 12.5. The molecule has 2 aromatic rings. The first-order valence-electron chi connectivity index (χ1n) is 9.07. The van der Waals surface area contributed by atoms with E-state index in [9.17, 15) is 9.50 Å². The molecule has 0 radical (unpaired) electrons. The minimum absolute atomic E-state index is 0.292. The summed E-state index contributed by atoms with van der Waals surface area (Å²) in [6.45, 7) is 11.4. The first-order valence-corrected chi connectivity index (χ1v) is 9.07. The monoisotopic (exact) mass is 372 g/mol. The van der Waals surface area contributed by atoms with E-state index in [-0.39, 0.29) is 5.82 Å². The van der Waals surface area contributed by atoms with Crippen LogP contribution in [0.4, 0.5) is 4.39 Å². The molecule has 0 saturated carbocycles. The molecule has 0 aromatic heterocycles. The van der Waals surface area contributed by atoms with Crippen molar-refractivity contribution in [2.45, 2.75) is 52.7 Å². The number of benzene rings is 2. The van der Waals surface area contributed by atoms with Crippen molar-refractivity contribution < 1.29 is 23.5 Å². The molecule has 0 atom stereocenters. The lowest BCUT2D eigenvalue weighted by Crippen LogP contribution is -2.36. The van der Waals surface area contributed by atoms with E-state index in [1.165, 1.54) is 12.1 Å². The summed E-state index contributed by atoms with van der Waals surface area (Å²) in [4.78, 5) is 0. The Morgan fingerprint density at radius 1 is 1.15 bits per heavy atom. The zero-order chi connectivity index (χ0) is 20.0. The van der Waals surface area contributed by atoms with Gasteiger partial charge in [-0.2, -0.15) is 0 Å². The second-order valence-electron chi connectivity index (χ2n) is 8.30. The zero-order valence-corrected chi connectivity index (χ0v) is 16.7. The van der Waals surface area contributed by atoms with Crippen molar-refractivity contribution in [2.75, 3.05) is 6.61 Å². The third-order valence-electron chi connectivity index (χ3n) is 4.62. The maximum Gasteiger partial charge on any atom is 0.498 e. The van der Waals surface area contributed by atoms with E-state index in [0.29, 0.717) is 34.7 Å². The number of ether oxygens (including phenoxy) is 1. The molecule has 1 fully saturated rings. The normalized spacial score (nSPS) is 16.7. The van der Waals surface area contributed by atoms with Crippen molar-refractivity contribution in [1.82, 2.24) is 0 Å². The molecule has 144 valence electrons. The summed E-state index contributed by atoms with van der Waals surface area (Å²) >= 11 is 0. The van der Waals surface area contributed by atoms with Crippen LogP contribution in [0.3, 0.4) is 0 Å². The molecule has 4 nitrogen and oxygen atoms in total. The molecule has 0 spiro atoms. The fourth-order valence-corrected chi connectivity index (χ4v) is 3.16. The minimum atomic E-state index is -1.01. The Kier molecular flexibility index (Phi) is 5.10. The Hall–Kier alpha value is -1.89. The van der Waals surface area contributed by atoms with E-state index in [1.807, 2.05) is 39.8 Å². The number of aliphatic hydroxyl groups is 1. The average molecular weight is 372 g/mol. The van der Waals surface area contributed by atoms with Gasteiger partial charge in [0.2, 0.25) is 0 Å². The third kappa shape index (κ3) is 4.34. The highest BCUT2D eigenvalue weighted by atomic mass is 19.1. The van der Waals surface area contributed by atoms with E-state index in [4.69, 9.17) is 14.0 Å². The largest absolute Gasteiger partial charge is 0.498 e. The Morgan fingerprint density at radius 3 is 2.30 bits per heavy atom. The Morgan fingerprint density at radius 2 is 1.78 bits per heavy atom. The van der Waals surface area contributed by atoms with Gasteiger partial charge in [0.1, 0.15) is 17.3 Å². The molecule has 1 saturated heterocycles. The van der Waals surface area contributed by atoms with Crippen molar-refractivity contribution in [2.24, 2.45) is 0 Å². The Labute approximate surface area is 160 Å². The van der Waals surface area contributed by atoms with Crippen LogP contribution < -0.4 is 10.2 Å². The number of rotatable bonds is 4. The van der Waals surface area contributed by atoms with Crippen molar-refractivity contribution in [3.8, 4) is 11.5 Å². The van der Waals surface area contributed by atoms with Gasteiger partial charge in [0.15, 0.2) is 0 Å². The molecule has 2 aromatic carbocycles. The van der Waals surface area contributed by atoms with Gasteiger partial charge in [-0.15, -0.1) is 0 Å². The molecular weight excluding hydrogens is 346 g/mol. The van der Waals surface area contributed by atoms with Gasteiger partial charge in [-0.05, 0) is 76.4 Å². The minimum Gasteiger partial charge on any atom is -0.457 e. The summed E-state index contributed by atoms with van der Waals surface area (Å²) in [5.41, 5.74) is 1.42. The topological polar surface area (TPSA) is 47.9 Å². The van der Waals surface area contributed by atoms with Gasteiger partial charge >= 0.3 is 7.12 Å². The number of aryl methyl sites for hydroxylation is 2. The van der Waals surface area contributed by atoms with Gasteiger partial charge in [-0.25, -0.2) is 4.39 Å². The average Bonchev–Trinajstić information content (AvgIpc) is 2.90. The van der Waals surface area contributed by atoms with Crippen LogP contribution in [0.5, 0.6) is 11.5 Å². The lowest BCUT2D eigenvalue weighted by molar-refractivity contribution is 0.0786. The second-order valence-corrected chi connectivity index (χ2v) is 8.30. The first kappa shape index (κ1) is 19.9. The number of hydrogen-bond acceptors (Lipinski definition) is 4. The van der Waals surface area contributed by atoms with Gasteiger partial charge in [0.05, 0.1) is 17.8 Å². The highest BCUT2D eigenvalue weighted by Gasteiger charge is 2.40. The maximum absolute atomic E-state index is 13.6. The van der Waals surface area contributed by atoms with E-state index in [0.717, 1.165) is 5.56 Å². The molecule has 0 aliphatic carbocycles. The van der Waals surface area contributed by atoms with E-state index >= 15 is 0 Å². The summed E-state index contributed by atoms with van der Waals surface area (Å²) in [5, 5.41) is 10.4. The molecule has 1 aliphatic rings. The molecule has 6 heteroatoms. The SMILES string of the molecule is Cc1cc(F)cc(C)c1Oc1ccc(C(C)(C)O)cc1B1OCC(C)(C)O1. The smallest absolute Gasteiger partial charge is 0.457 e. The van der Waals surface area contributed by atoms with E-state index in [2.05, 4.69) is 0 Å². The highest BCUT2D eigenvalue weighted by Crippen LogP contribution is 2.32. The van der Waals surface area contributed by atoms with Crippen LogP contribution in [0.25, 0.3) is 0 Å². The van der Waals surface area contributed by atoms with E-state index < -0.39 is 18.3 Å².